The predicted molar refractivity (Wildman–Crippen MR) is 341 cm³/mol. The fourth-order valence-corrected chi connectivity index (χ4v) is 12.8. The highest BCUT2D eigenvalue weighted by atomic mass is 35.5. The van der Waals surface area contributed by atoms with Gasteiger partial charge in [0.15, 0.2) is 0 Å². The van der Waals surface area contributed by atoms with Crippen LogP contribution in [0.2, 0.25) is 10.0 Å². The number of alkyl halides is 3. The van der Waals surface area contributed by atoms with Gasteiger partial charge in [0.25, 0.3) is 0 Å². The molecule has 510 valence electrons. The van der Waals surface area contributed by atoms with Crippen molar-refractivity contribution in [1.29, 1.82) is 0 Å². The maximum atomic E-state index is 15.1. The number of carbonyl (C=O) groups excluding carboxylic acids is 11. The van der Waals surface area contributed by atoms with E-state index in [1.807, 2.05) is 20.8 Å². The average molecular weight is 1330 g/mol. The molecule has 0 radical (unpaired) electrons. The minimum Gasteiger partial charge on any atom is -0.343 e. The first-order valence-electron chi connectivity index (χ1n) is 31.6. The molecule has 27 heteroatoms. The molecule has 92 heavy (non-hydrogen) atoms. The van der Waals surface area contributed by atoms with Crippen molar-refractivity contribution in [2.24, 2.45) is 17.8 Å². The smallest absolute Gasteiger partial charge is 0.343 e. The van der Waals surface area contributed by atoms with Crippen LogP contribution in [0.15, 0.2) is 42.5 Å². The van der Waals surface area contributed by atoms with Gasteiger partial charge in [-0.15, -0.1) is 0 Å². The Morgan fingerprint density at radius 3 is 1.85 bits per heavy atom. The highest BCUT2D eigenvalue weighted by Crippen LogP contribution is 2.37. The molecule has 0 aromatic heterocycles. The molecule has 8 atom stereocenters. The van der Waals surface area contributed by atoms with Gasteiger partial charge in [-0.05, 0) is 98.9 Å². The van der Waals surface area contributed by atoms with Gasteiger partial charge in [-0.3, -0.25) is 52.7 Å². The topological polar surface area (TPSA) is 250 Å². The summed E-state index contributed by atoms with van der Waals surface area (Å²) in [6.45, 7) is 10.7. The Bertz CT molecular complexity index is 3040. The fourth-order valence-electron chi connectivity index (χ4n) is 12.3. The summed E-state index contributed by atoms with van der Waals surface area (Å²) in [5, 5.41) is 8.26. The van der Waals surface area contributed by atoms with E-state index in [1.54, 1.807) is 52.0 Å². The van der Waals surface area contributed by atoms with E-state index in [0.29, 0.717) is 31.2 Å². The first-order chi connectivity index (χ1) is 43.0. The van der Waals surface area contributed by atoms with E-state index in [1.165, 1.54) is 75.0 Å². The summed E-state index contributed by atoms with van der Waals surface area (Å²) >= 11 is 12.7. The zero-order valence-corrected chi connectivity index (χ0v) is 57.1. The largest absolute Gasteiger partial charge is 0.417 e. The Hall–Kier alpha value is -7.02. The van der Waals surface area contributed by atoms with Crippen LogP contribution in [0.3, 0.4) is 0 Å². The molecular formula is C65H94Cl2F3N11O11. The van der Waals surface area contributed by atoms with Crippen LogP contribution >= 0.6 is 23.2 Å². The molecule has 2 heterocycles. The van der Waals surface area contributed by atoms with Crippen molar-refractivity contribution in [3.05, 3.63) is 69.2 Å². The van der Waals surface area contributed by atoms with E-state index in [-0.39, 0.29) is 74.4 Å². The van der Waals surface area contributed by atoms with E-state index >= 15 is 9.59 Å². The molecule has 22 nitrogen and oxygen atoms in total. The molecule has 2 aliphatic heterocycles. The van der Waals surface area contributed by atoms with Crippen LogP contribution in [0.4, 0.5) is 13.2 Å². The molecule has 11 amide bonds. The van der Waals surface area contributed by atoms with Gasteiger partial charge in [0, 0.05) is 79.8 Å². The van der Waals surface area contributed by atoms with Crippen molar-refractivity contribution in [2.75, 3.05) is 75.5 Å². The van der Waals surface area contributed by atoms with E-state index < -0.39 is 161 Å². The highest BCUT2D eigenvalue weighted by molar-refractivity contribution is 6.31. The minimum atomic E-state index is -4.76. The number of amides is 11. The number of fused-ring (bicyclic) bond motifs is 1. The minimum absolute atomic E-state index is 0.0331. The Morgan fingerprint density at radius 1 is 0.652 bits per heavy atom. The average Bonchev–Trinajstić information content (AvgIpc) is 1.59. The SMILES string of the molecule is CC[C@H](C)[C@@H]1NC(=O)[C@H](CC(C)C)N(C)C(=O)C[C@@H](C)N(C)C(=O)[C@H](C(C)C)N(C)C(=O)C2(CCCC2)NC(=O)C2CCCN2C(=O)[C@H](CCc2ccc(C(F)(F)F)c(Cl)c2)NC(=O)CN(C)C(=O)[C@H](Cc2ccccc2Cl)N(C)C(=O)CN(C)C(=O)CN(C)C1=O. The van der Waals surface area contributed by atoms with Crippen LogP contribution < -0.4 is 16.0 Å². The second-order valence-electron chi connectivity index (χ2n) is 26.0. The third kappa shape index (κ3) is 18.9. The number of carbonyl (C=O) groups is 11. The zero-order valence-electron chi connectivity index (χ0n) is 55.6. The van der Waals surface area contributed by atoms with E-state index in [0.717, 1.165) is 31.7 Å². The molecule has 3 N–H and O–H groups in total. The zero-order chi connectivity index (χ0) is 69.0. The van der Waals surface area contributed by atoms with Gasteiger partial charge in [0.1, 0.15) is 41.8 Å². The third-order valence-corrected chi connectivity index (χ3v) is 19.0. The van der Waals surface area contributed by atoms with Gasteiger partial charge < -0.3 is 55.1 Å². The van der Waals surface area contributed by atoms with Crippen molar-refractivity contribution < 1.29 is 65.9 Å². The fraction of sp³-hybridized carbons (Fsp3) is 0.646. The monoisotopic (exact) mass is 1330 g/mol. The normalized spacial score (nSPS) is 24.9. The first kappa shape index (κ1) is 75.7. The number of benzene rings is 2. The quantitative estimate of drug-likeness (QED) is 0.271. The van der Waals surface area contributed by atoms with Gasteiger partial charge >= 0.3 is 6.18 Å². The van der Waals surface area contributed by atoms with Crippen molar-refractivity contribution >= 4 is 88.2 Å². The molecule has 2 aromatic rings. The lowest BCUT2D eigenvalue weighted by molar-refractivity contribution is -0.152. The van der Waals surface area contributed by atoms with Gasteiger partial charge in [-0.2, -0.15) is 13.2 Å². The molecule has 1 unspecified atom stereocenters. The molecule has 3 aliphatic rings. The van der Waals surface area contributed by atoms with E-state index in [2.05, 4.69) is 16.0 Å². The van der Waals surface area contributed by atoms with Crippen LogP contribution in [-0.4, -0.2) is 228 Å². The van der Waals surface area contributed by atoms with Crippen molar-refractivity contribution in [3.63, 3.8) is 0 Å². The summed E-state index contributed by atoms with van der Waals surface area (Å²) in [5.74, 6) is -8.28. The summed E-state index contributed by atoms with van der Waals surface area (Å²) in [4.78, 5) is 170. The number of likely N-dealkylation sites (N-methyl/N-ethyl adjacent to an activating group) is 7. The Kier molecular flexibility index (Phi) is 26.9. The lowest BCUT2D eigenvalue weighted by Crippen LogP contribution is -2.64. The predicted octanol–water partition coefficient (Wildman–Crippen LogP) is 5.43. The highest BCUT2D eigenvalue weighted by Gasteiger charge is 2.50. The molecule has 0 bridgehead atoms. The summed E-state index contributed by atoms with van der Waals surface area (Å²) < 4.78 is 41.3. The lowest BCUT2D eigenvalue weighted by Gasteiger charge is -2.41. The Balaban J connectivity index is 1.58. The number of halogens is 5. The maximum Gasteiger partial charge on any atom is 0.417 e. The molecule has 5 rings (SSSR count). The van der Waals surface area contributed by atoms with Crippen molar-refractivity contribution in [1.82, 2.24) is 55.1 Å². The number of hydrogen-bond acceptors (Lipinski definition) is 11. The molecule has 1 spiro atoms. The number of hydrogen-bond donors (Lipinski definition) is 3. The van der Waals surface area contributed by atoms with Gasteiger partial charge in [0.2, 0.25) is 65.0 Å². The number of nitrogens with zero attached hydrogens (tertiary/aromatic N) is 8. The van der Waals surface area contributed by atoms with Crippen LogP contribution in [-0.2, 0) is 71.8 Å². The molecular weight excluding hydrogens is 1240 g/mol. The summed E-state index contributed by atoms with van der Waals surface area (Å²) in [7, 11) is 9.82. The second-order valence-corrected chi connectivity index (χ2v) is 26.8. The molecule has 2 saturated heterocycles. The standard InChI is InChI=1S/C65H94Cl2F3N11O11/c1-15-40(6)55-61(90)76(10)36-53(84)74(8)37-54(85)79(13)50(34-43-21-16-17-22-45(43)66)60(89)75(9)35-51(82)71-47(27-25-42-24-26-44(46(67)33-42)65(68,69)70)59(88)81-30-20-23-48(81)58(87)73-64(28-18-19-29-64)63(92)80(14)56(39(4)5)62(91)77(11)41(7)32-52(83)78(12)49(31-38(2)3)57(86)72-55/h16-17,21-22,24,26,33,38-41,47-50,55-56H,15,18-20,23,25,27-32,34-37H2,1-14H3,(H,71,82)(H,72,86)(H,73,87)/t40-,41+,47-,48?,49-,50-,55-,56-/m0/s1. The van der Waals surface area contributed by atoms with Crippen molar-refractivity contribution in [2.45, 2.75) is 180 Å². The maximum absolute atomic E-state index is 15.1. The Labute approximate surface area is 548 Å². The van der Waals surface area contributed by atoms with E-state index in [4.69, 9.17) is 23.2 Å². The van der Waals surface area contributed by atoms with Gasteiger partial charge in [-0.25, -0.2) is 0 Å². The first-order valence-corrected chi connectivity index (χ1v) is 32.3. The summed E-state index contributed by atoms with van der Waals surface area (Å²) in [6, 6.07) is 1.61. The van der Waals surface area contributed by atoms with Crippen LogP contribution in [0.5, 0.6) is 0 Å². The molecule has 2 aromatic carbocycles. The van der Waals surface area contributed by atoms with Gasteiger partial charge in [-0.1, -0.05) is 108 Å². The summed E-state index contributed by atoms with van der Waals surface area (Å²) in [5.41, 5.74) is -1.86. The van der Waals surface area contributed by atoms with Crippen LogP contribution in [0.1, 0.15) is 129 Å². The summed E-state index contributed by atoms with van der Waals surface area (Å²) in [6.07, 6.45) is -2.94. The molecule has 1 saturated carbocycles. The van der Waals surface area contributed by atoms with Crippen molar-refractivity contribution in [3.8, 4) is 0 Å². The lowest BCUT2D eigenvalue weighted by atomic mass is 9.91. The molecule has 1 aliphatic carbocycles. The molecule has 3 fully saturated rings. The van der Waals surface area contributed by atoms with Crippen LogP contribution in [0.25, 0.3) is 0 Å². The Morgan fingerprint density at radius 2 is 1.26 bits per heavy atom. The number of nitrogens with one attached hydrogen (secondary N) is 3. The number of rotatable bonds is 10. The van der Waals surface area contributed by atoms with Crippen LogP contribution in [0, 0.1) is 17.8 Å². The van der Waals surface area contributed by atoms with E-state index in [9.17, 15) is 56.3 Å². The second kappa shape index (κ2) is 32.7. The number of aryl methyl sites for hydroxylation is 1. The third-order valence-electron chi connectivity index (χ3n) is 18.3. The van der Waals surface area contributed by atoms with Gasteiger partial charge in [0.05, 0.1) is 30.2 Å².